The highest BCUT2D eigenvalue weighted by atomic mass is 16.5. The molecule has 1 fully saturated rings. The van der Waals surface area contributed by atoms with Crippen LogP contribution in [0.15, 0.2) is 0 Å². The Morgan fingerprint density at radius 3 is 2.17 bits per heavy atom. The van der Waals surface area contributed by atoms with Gasteiger partial charge >= 0.3 is 11.9 Å². The van der Waals surface area contributed by atoms with Crippen molar-refractivity contribution in [2.45, 2.75) is 116 Å². The maximum absolute atomic E-state index is 12.3. The third kappa shape index (κ3) is 11.9. The maximum atomic E-state index is 12.3. The standard InChI is InChI=1S/C25H47NO4/c1-4-6-7-8-9-10-11-12-13-19-29-25(28)20-21-16-17-23(22(21)5-2)30-24(27)15-14-18-26-3/h21-23,26H,4-20H2,1-3H3. The first-order valence-electron chi connectivity index (χ1n) is 12.6. The van der Waals surface area contributed by atoms with Crippen molar-refractivity contribution in [3.05, 3.63) is 0 Å². The highest BCUT2D eigenvalue weighted by Crippen LogP contribution is 2.38. The fourth-order valence-corrected chi connectivity index (χ4v) is 4.62. The Morgan fingerprint density at radius 1 is 0.867 bits per heavy atom. The molecule has 1 rings (SSSR count). The molecule has 5 nitrogen and oxygen atoms in total. The Kier molecular flexibility index (Phi) is 15.8. The number of unbranched alkanes of at least 4 members (excludes halogenated alkanes) is 8. The van der Waals surface area contributed by atoms with Crippen LogP contribution in [0.3, 0.4) is 0 Å². The van der Waals surface area contributed by atoms with Gasteiger partial charge < -0.3 is 14.8 Å². The van der Waals surface area contributed by atoms with Gasteiger partial charge in [-0.1, -0.05) is 65.2 Å². The molecular formula is C25H47NO4. The molecule has 30 heavy (non-hydrogen) atoms. The van der Waals surface area contributed by atoms with Gasteiger partial charge in [-0.05, 0) is 57.5 Å². The monoisotopic (exact) mass is 425 g/mol. The first-order chi connectivity index (χ1) is 14.6. The summed E-state index contributed by atoms with van der Waals surface area (Å²) >= 11 is 0. The van der Waals surface area contributed by atoms with Crippen LogP contribution in [0.5, 0.6) is 0 Å². The zero-order chi connectivity index (χ0) is 22.0. The molecule has 1 saturated carbocycles. The van der Waals surface area contributed by atoms with Crippen LogP contribution in [0.4, 0.5) is 0 Å². The van der Waals surface area contributed by atoms with E-state index in [0.717, 1.165) is 45.1 Å². The molecule has 3 atom stereocenters. The van der Waals surface area contributed by atoms with Gasteiger partial charge in [0, 0.05) is 12.8 Å². The molecule has 5 heteroatoms. The molecule has 0 saturated heterocycles. The van der Waals surface area contributed by atoms with E-state index in [9.17, 15) is 9.59 Å². The van der Waals surface area contributed by atoms with Crippen molar-refractivity contribution in [1.29, 1.82) is 0 Å². The molecule has 0 spiro atoms. The number of esters is 2. The summed E-state index contributed by atoms with van der Waals surface area (Å²) in [6.07, 6.45) is 15.8. The number of hydrogen-bond acceptors (Lipinski definition) is 5. The summed E-state index contributed by atoms with van der Waals surface area (Å²) in [6, 6.07) is 0. The van der Waals surface area contributed by atoms with Gasteiger partial charge in [-0.2, -0.15) is 0 Å². The molecule has 0 aromatic rings. The SMILES string of the molecule is CCCCCCCCCCCOC(=O)CC1CCC(OC(=O)CCCNC)C1CC. The summed E-state index contributed by atoms with van der Waals surface area (Å²) < 4.78 is 11.2. The Morgan fingerprint density at radius 2 is 1.53 bits per heavy atom. The summed E-state index contributed by atoms with van der Waals surface area (Å²) in [6.45, 7) is 5.74. The number of carbonyl (C=O) groups is 2. The van der Waals surface area contributed by atoms with E-state index in [0.29, 0.717) is 19.4 Å². The molecule has 1 aliphatic rings. The quantitative estimate of drug-likeness (QED) is 0.222. The van der Waals surface area contributed by atoms with Crippen LogP contribution in [0.1, 0.15) is 110 Å². The molecule has 0 bridgehead atoms. The first kappa shape index (κ1) is 26.9. The van der Waals surface area contributed by atoms with E-state index in [1.807, 2.05) is 7.05 Å². The lowest BCUT2D eigenvalue weighted by Gasteiger charge is -2.23. The van der Waals surface area contributed by atoms with Crippen LogP contribution < -0.4 is 5.32 Å². The van der Waals surface area contributed by atoms with Gasteiger partial charge in [0.2, 0.25) is 0 Å². The zero-order valence-corrected chi connectivity index (χ0v) is 19.9. The molecule has 1 N–H and O–H groups in total. The van der Waals surface area contributed by atoms with E-state index in [1.165, 1.54) is 44.9 Å². The van der Waals surface area contributed by atoms with Gasteiger partial charge in [-0.25, -0.2) is 0 Å². The minimum Gasteiger partial charge on any atom is -0.466 e. The summed E-state index contributed by atoms with van der Waals surface area (Å²) in [7, 11) is 1.88. The largest absolute Gasteiger partial charge is 0.466 e. The van der Waals surface area contributed by atoms with E-state index >= 15 is 0 Å². The molecule has 176 valence electrons. The van der Waals surface area contributed by atoms with E-state index in [2.05, 4.69) is 19.2 Å². The lowest BCUT2D eigenvalue weighted by Crippen LogP contribution is -2.26. The van der Waals surface area contributed by atoms with Gasteiger partial charge in [-0.3, -0.25) is 9.59 Å². The molecule has 0 amide bonds. The third-order valence-corrected chi connectivity index (χ3v) is 6.41. The van der Waals surface area contributed by atoms with Crippen LogP contribution in [-0.2, 0) is 19.1 Å². The molecule has 3 unspecified atom stereocenters. The van der Waals surface area contributed by atoms with E-state index in [-0.39, 0.29) is 29.9 Å². The minimum atomic E-state index is -0.109. The number of nitrogens with one attached hydrogen (secondary N) is 1. The number of ether oxygens (including phenoxy) is 2. The summed E-state index contributed by atoms with van der Waals surface area (Å²) in [4.78, 5) is 24.3. The predicted octanol–water partition coefficient (Wildman–Crippen LogP) is 5.80. The molecule has 0 heterocycles. The number of rotatable bonds is 18. The Bertz CT molecular complexity index is 454. The van der Waals surface area contributed by atoms with Gasteiger partial charge in [0.1, 0.15) is 6.10 Å². The fraction of sp³-hybridized carbons (Fsp3) is 0.920. The highest BCUT2D eigenvalue weighted by Gasteiger charge is 2.38. The van der Waals surface area contributed by atoms with Crippen LogP contribution in [0.2, 0.25) is 0 Å². The van der Waals surface area contributed by atoms with E-state index in [4.69, 9.17) is 9.47 Å². The normalized spacial score (nSPS) is 21.0. The molecular weight excluding hydrogens is 378 g/mol. The topological polar surface area (TPSA) is 64.6 Å². The van der Waals surface area contributed by atoms with Crippen molar-refractivity contribution in [2.75, 3.05) is 20.2 Å². The lowest BCUT2D eigenvalue weighted by atomic mass is 9.89. The predicted molar refractivity (Wildman–Crippen MR) is 122 cm³/mol. The van der Waals surface area contributed by atoms with Crippen molar-refractivity contribution in [3.63, 3.8) is 0 Å². The molecule has 1 aliphatic carbocycles. The van der Waals surface area contributed by atoms with Crippen LogP contribution in [0.25, 0.3) is 0 Å². The van der Waals surface area contributed by atoms with Crippen molar-refractivity contribution < 1.29 is 19.1 Å². The molecule has 0 aromatic carbocycles. The molecule has 0 aliphatic heterocycles. The van der Waals surface area contributed by atoms with E-state index in [1.54, 1.807) is 0 Å². The average molecular weight is 426 g/mol. The second-order valence-electron chi connectivity index (χ2n) is 8.90. The van der Waals surface area contributed by atoms with Gasteiger partial charge in [0.15, 0.2) is 0 Å². The second kappa shape index (κ2) is 17.6. The van der Waals surface area contributed by atoms with Crippen LogP contribution >= 0.6 is 0 Å². The van der Waals surface area contributed by atoms with Crippen molar-refractivity contribution >= 4 is 11.9 Å². The van der Waals surface area contributed by atoms with Gasteiger partial charge in [0.25, 0.3) is 0 Å². The average Bonchev–Trinajstić information content (AvgIpc) is 3.10. The molecule has 0 radical (unpaired) electrons. The third-order valence-electron chi connectivity index (χ3n) is 6.41. The second-order valence-corrected chi connectivity index (χ2v) is 8.90. The summed E-state index contributed by atoms with van der Waals surface area (Å²) in [5.74, 6) is 0.362. The minimum absolute atomic E-state index is 0.0350. The smallest absolute Gasteiger partial charge is 0.306 e. The highest BCUT2D eigenvalue weighted by molar-refractivity contribution is 5.70. The Labute approximate surface area is 185 Å². The summed E-state index contributed by atoms with van der Waals surface area (Å²) in [5.41, 5.74) is 0. The Hall–Kier alpha value is -1.10. The van der Waals surface area contributed by atoms with Crippen molar-refractivity contribution in [2.24, 2.45) is 11.8 Å². The Balaban J connectivity index is 2.14. The first-order valence-corrected chi connectivity index (χ1v) is 12.6. The van der Waals surface area contributed by atoms with Crippen LogP contribution in [0, 0.1) is 11.8 Å². The number of carbonyl (C=O) groups excluding carboxylic acids is 2. The number of hydrogen-bond donors (Lipinski definition) is 1. The lowest BCUT2D eigenvalue weighted by molar-refractivity contribution is -0.151. The van der Waals surface area contributed by atoms with Crippen molar-refractivity contribution in [1.82, 2.24) is 5.32 Å². The maximum Gasteiger partial charge on any atom is 0.306 e. The van der Waals surface area contributed by atoms with E-state index < -0.39 is 0 Å². The van der Waals surface area contributed by atoms with Gasteiger partial charge in [0.05, 0.1) is 6.61 Å². The zero-order valence-electron chi connectivity index (χ0n) is 19.9. The molecule has 0 aromatic heterocycles. The van der Waals surface area contributed by atoms with Crippen LogP contribution in [-0.4, -0.2) is 38.2 Å². The van der Waals surface area contributed by atoms with Gasteiger partial charge in [-0.15, -0.1) is 0 Å². The fourth-order valence-electron chi connectivity index (χ4n) is 4.62. The summed E-state index contributed by atoms with van der Waals surface area (Å²) in [5, 5.41) is 3.05. The van der Waals surface area contributed by atoms with Crippen molar-refractivity contribution in [3.8, 4) is 0 Å².